The molecule has 3 heteroatoms. The van der Waals surface area contributed by atoms with Crippen molar-refractivity contribution in [3.05, 3.63) is 33.8 Å². The van der Waals surface area contributed by atoms with Gasteiger partial charge in [0.05, 0.1) is 15.6 Å². The standard InChI is InChI=1S/C15H20Cl2O/c1-2-12-5-3-4-8-15(12,18)10-11-6-7-13(16)14(17)9-11/h6-7,9,12,18H,2-5,8,10H2,1H3. The van der Waals surface area contributed by atoms with E-state index in [-0.39, 0.29) is 0 Å². The summed E-state index contributed by atoms with van der Waals surface area (Å²) in [6.07, 6.45) is 6.11. The first kappa shape index (κ1) is 14.2. The van der Waals surface area contributed by atoms with E-state index in [9.17, 15) is 5.11 Å². The molecule has 18 heavy (non-hydrogen) atoms. The second-order valence-corrected chi connectivity index (χ2v) is 6.19. The molecule has 1 saturated carbocycles. The van der Waals surface area contributed by atoms with Gasteiger partial charge in [0.15, 0.2) is 0 Å². The Morgan fingerprint density at radius 2 is 2.06 bits per heavy atom. The van der Waals surface area contributed by atoms with E-state index in [1.165, 1.54) is 6.42 Å². The van der Waals surface area contributed by atoms with Crippen LogP contribution in [0, 0.1) is 5.92 Å². The van der Waals surface area contributed by atoms with Crippen molar-refractivity contribution in [1.82, 2.24) is 0 Å². The summed E-state index contributed by atoms with van der Waals surface area (Å²) < 4.78 is 0. The lowest BCUT2D eigenvalue weighted by Gasteiger charge is -2.40. The SMILES string of the molecule is CCC1CCCCC1(O)Cc1ccc(Cl)c(Cl)c1. The van der Waals surface area contributed by atoms with Gasteiger partial charge in [-0.15, -0.1) is 0 Å². The maximum Gasteiger partial charge on any atom is 0.0715 e. The van der Waals surface area contributed by atoms with Gasteiger partial charge in [-0.05, 0) is 36.5 Å². The molecule has 0 bridgehead atoms. The van der Waals surface area contributed by atoms with Crippen LogP contribution >= 0.6 is 23.2 Å². The highest BCUT2D eigenvalue weighted by molar-refractivity contribution is 6.42. The van der Waals surface area contributed by atoms with Gasteiger partial charge in [0, 0.05) is 6.42 Å². The number of halogens is 2. The van der Waals surface area contributed by atoms with Crippen molar-refractivity contribution >= 4 is 23.2 Å². The van der Waals surface area contributed by atoms with Crippen molar-refractivity contribution in [3.63, 3.8) is 0 Å². The van der Waals surface area contributed by atoms with Gasteiger partial charge in [-0.1, -0.05) is 55.5 Å². The van der Waals surface area contributed by atoms with Crippen LogP contribution in [-0.4, -0.2) is 10.7 Å². The maximum atomic E-state index is 10.9. The lowest BCUT2D eigenvalue weighted by molar-refractivity contribution is -0.0491. The molecule has 1 fully saturated rings. The first-order chi connectivity index (χ1) is 8.55. The fraction of sp³-hybridized carbons (Fsp3) is 0.600. The number of aliphatic hydroxyl groups is 1. The van der Waals surface area contributed by atoms with E-state index in [1.807, 2.05) is 18.2 Å². The Morgan fingerprint density at radius 1 is 1.28 bits per heavy atom. The van der Waals surface area contributed by atoms with Gasteiger partial charge in [0.2, 0.25) is 0 Å². The molecule has 1 aromatic carbocycles. The molecule has 2 atom stereocenters. The number of hydrogen-bond donors (Lipinski definition) is 1. The molecule has 1 aliphatic carbocycles. The van der Waals surface area contributed by atoms with Crippen LogP contribution in [0.1, 0.15) is 44.6 Å². The molecular formula is C15H20Cl2O. The van der Waals surface area contributed by atoms with Crippen molar-refractivity contribution in [3.8, 4) is 0 Å². The van der Waals surface area contributed by atoms with Crippen molar-refractivity contribution in [2.75, 3.05) is 0 Å². The van der Waals surface area contributed by atoms with Gasteiger partial charge in [-0.25, -0.2) is 0 Å². The zero-order valence-corrected chi connectivity index (χ0v) is 12.3. The molecule has 1 aromatic rings. The fourth-order valence-electron chi connectivity index (χ4n) is 3.11. The zero-order valence-electron chi connectivity index (χ0n) is 10.8. The Morgan fingerprint density at radius 3 is 2.72 bits per heavy atom. The van der Waals surface area contributed by atoms with E-state index in [1.54, 1.807) is 0 Å². The van der Waals surface area contributed by atoms with Crippen molar-refractivity contribution in [2.24, 2.45) is 5.92 Å². The van der Waals surface area contributed by atoms with Crippen LogP contribution in [0.3, 0.4) is 0 Å². The summed E-state index contributed by atoms with van der Waals surface area (Å²) in [7, 11) is 0. The second-order valence-electron chi connectivity index (χ2n) is 5.38. The van der Waals surface area contributed by atoms with Crippen LogP contribution in [0.15, 0.2) is 18.2 Å². The van der Waals surface area contributed by atoms with Crippen molar-refractivity contribution in [1.29, 1.82) is 0 Å². The van der Waals surface area contributed by atoms with Crippen LogP contribution < -0.4 is 0 Å². The van der Waals surface area contributed by atoms with Gasteiger partial charge >= 0.3 is 0 Å². The molecule has 1 aliphatic rings. The summed E-state index contributed by atoms with van der Waals surface area (Å²) >= 11 is 12.0. The topological polar surface area (TPSA) is 20.2 Å². The molecule has 0 spiro atoms. The minimum absolute atomic E-state index is 0.403. The van der Waals surface area contributed by atoms with Gasteiger partial charge in [-0.3, -0.25) is 0 Å². The van der Waals surface area contributed by atoms with Crippen LogP contribution in [0.2, 0.25) is 10.0 Å². The molecule has 0 amide bonds. The molecule has 1 N–H and O–H groups in total. The minimum atomic E-state index is -0.565. The minimum Gasteiger partial charge on any atom is -0.389 e. The highest BCUT2D eigenvalue weighted by atomic mass is 35.5. The molecule has 0 saturated heterocycles. The van der Waals surface area contributed by atoms with Gasteiger partial charge < -0.3 is 5.11 Å². The van der Waals surface area contributed by atoms with E-state index in [4.69, 9.17) is 23.2 Å². The van der Waals surface area contributed by atoms with E-state index >= 15 is 0 Å². The fourth-order valence-corrected chi connectivity index (χ4v) is 3.44. The molecule has 2 rings (SSSR count). The van der Waals surface area contributed by atoms with E-state index in [0.717, 1.165) is 31.2 Å². The van der Waals surface area contributed by atoms with Crippen molar-refractivity contribution in [2.45, 2.75) is 51.0 Å². The van der Waals surface area contributed by atoms with E-state index < -0.39 is 5.60 Å². The Bertz CT molecular complexity index is 419. The molecule has 0 radical (unpaired) electrons. The summed E-state index contributed by atoms with van der Waals surface area (Å²) in [4.78, 5) is 0. The Labute approximate surface area is 119 Å². The lowest BCUT2D eigenvalue weighted by atomic mass is 9.71. The smallest absolute Gasteiger partial charge is 0.0715 e. The third kappa shape index (κ3) is 3.01. The monoisotopic (exact) mass is 286 g/mol. The molecule has 2 unspecified atom stereocenters. The van der Waals surface area contributed by atoms with Crippen LogP contribution in [0.4, 0.5) is 0 Å². The van der Waals surface area contributed by atoms with Crippen molar-refractivity contribution < 1.29 is 5.11 Å². The first-order valence-electron chi connectivity index (χ1n) is 6.71. The number of benzene rings is 1. The number of hydrogen-bond acceptors (Lipinski definition) is 1. The highest BCUT2D eigenvalue weighted by Gasteiger charge is 2.37. The Kier molecular flexibility index (Phi) is 4.58. The molecular weight excluding hydrogens is 267 g/mol. The normalized spacial score (nSPS) is 28.3. The van der Waals surface area contributed by atoms with Crippen LogP contribution in [-0.2, 0) is 6.42 Å². The predicted octanol–water partition coefficient (Wildman–Crippen LogP) is 4.87. The molecule has 0 aromatic heterocycles. The molecule has 0 heterocycles. The summed E-state index contributed by atoms with van der Waals surface area (Å²) in [6.45, 7) is 2.16. The Hall–Kier alpha value is -0.240. The second kappa shape index (κ2) is 5.81. The maximum absolute atomic E-state index is 10.9. The van der Waals surface area contributed by atoms with Gasteiger partial charge in [0.25, 0.3) is 0 Å². The quantitative estimate of drug-likeness (QED) is 0.841. The molecule has 0 aliphatic heterocycles. The summed E-state index contributed by atoms with van der Waals surface area (Å²) in [5.74, 6) is 0.403. The average molecular weight is 287 g/mol. The lowest BCUT2D eigenvalue weighted by Crippen LogP contribution is -2.42. The Balaban J connectivity index is 2.17. The number of rotatable bonds is 3. The first-order valence-corrected chi connectivity index (χ1v) is 7.47. The summed E-state index contributed by atoms with van der Waals surface area (Å²) in [5, 5.41) is 12.0. The third-order valence-electron chi connectivity index (χ3n) is 4.16. The summed E-state index contributed by atoms with van der Waals surface area (Å²) in [6, 6.07) is 5.66. The van der Waals surface area contributed by atoms with Crippen LogP contribution in [0.25, 0.3) is 0 Å². The van der Waals surface area contributed by atoms with E-state index in [0.29, 0.717) is 22.4 Å². The highest BCUT2D eigenvalue weighted by Crippen LogP contribution is 2.38. The molecule has 1 nitrogen and oxygen atoms in total. The average Bonchev–Trinajstić information content (AvgIpc) is 2.34. The van der Waals surface area contributed by atoms with E-state index in [2.05, 4.69) is 6.92 Å². The third-order valence-corrected chi connectivity index (χ3v) is 4.90. The van der Waals surface area contributed by atoms with Gasteiger partial charge in [-0.2, -0.15) is 0 Å². The zero-order chi connectivity index (χ0) is 13.2. The van der Waals surface area contributed by atoms with Crippen LogP contribution in [0.5, 0.6) is 0 Å². The molecule has 100 valence electrons. The van der Waals surface area contributed by atoms with Gasteiger partial charge in [0.1, 0.15) is 0 Å². The largest absolute Gasteiger partial charge is 0.389 e. The summed E-state index contributed by atoms with van der Waals surface area (Å²) in [5.41, 5.74) is 0.511. The predicted molar refractivity (Wildman–Crippen MR) is 77.4 cm³/mol.